The predicted molar refractivity (Wildman–Crippen MR) is 114 cm³/mol. The minimum absolute atomic E-state index is 0.149. The van der Waals surface area contributed by atoms with E-state index in [1.807, 2.05) is 6.92 Å². The second-order valence-corrected chi connectivity index (χ2v) is 9.48. The van der Waals surface area contributed by atoms with E-state index in [0.717, 1.165) is 32.5 Å². The summed E-state index contributed by atoms with van der Waals surface area (Å²) in [6.07, 6.45) is 5.74. The van der Waals surface area contributed by atoms with E-state index >= 15 is 0 Å². The molecule has 27 heavy (non-hydrogen) atoms. The van der Waals surface area contributed by atoms with Crippen molar-refractivity contribution in [1.82, 2.24) is 9.21 Å². The fourth-order valence-corrected chi connectivity index (χ4v) is 5.20. The van der Waals surface area contributed by atoms with Gasteiger partial charge in [0, 0.05) is 24.9 Å². The van der Waals surface area contributed by atoms with Crippen LogP contribution >= 0.6 is 12.6 Å². The molecule has 0 unspecified atom stereocenters. The number of rotatable bonds is 11. The zero-order valence-corrected chi connectivity index (χ0v) is 18.4. The van der Waals surface area contributed by atoms with Crippen LogP contribution in [-0.4, -0.2) is 62.2 Å². The van der Waals surface area contributed by atoms with Gasteiger partial charge in [-0.15, -0.1) is 0 Å². The minimum Gasteiger partial charge on any atom is -0.494 e. The van der Waals surface area contributed by atoms with Crippen molar-refractivity contribution in [3.05, 3.63) is 24.3 Å². The van der Waals surface area contributed by atoms with Crippen LogP contribution in [0.2, 0.25) is 0 Å². The van der Waals surface area contributed by atoms with Crippen molar-refractivity contribution in [3.8, 4) is 5.75 Å². The summed E-state index contributed by atoms with van der Waals surface area (Å²) < 4.78 is 33.7. The molecule has 0 aromatic heterocycles. The maximum Gasteiger partial charge on any atom is 0.243 e. The Morgan fingerprint density at radius 3 is 2.44 bits per heavy atom. The summed E-state index contributed by atoms with van der Waals surface area (Å²) in [7, 11) is -3.55. The fourth-order valence-electron chi connectivity index (χ4n) is 3.27. The molecular weight excluding hydrogens is 380 g/mol. The van der Waals surface area contributed by atoms with Crippen molar-refractivity contribution in [2.45, 2.75) is 56.9 Å². The van der Waals surface area contributed by atoms with Gasteiger partial charge in [0.15, 0.2) is 0 Å². The van der Waals surface area contributed by atoms with Gasteiger partial charge in [-0.1, -0.05) is 19.8 Å². The number of hydrogen-bond donors (Lipinski definition) is 1. The van der Waals surface area contributed by atoms with Crippen LogP contribution in [0.5, 0.6) is 5.75 Å². The summed E-state index contributed by atoms with van der Waals surface area (Å²) in [6, 6.07) is 6.64. The molecule has 1 fully saturated rings. The van der Waals surface area contributed by atoms with Crippen molar-refractivity contribution < 1.29 is 13.2 Å². The monoisotopic (exact) mass is 414 g/mol. The topological polar surface area (TPSA) is 49.9 Å². The van der Waals surface area contributed by atoms with Crippen molar-refractivity contribution in [2.24, 2.45) is 0 Å². The Morgan fingerprint density at radius 2 is 1.85 bits per heavy atom. The van der Waals surface area contributed by atoms with Gasteiger partial charge in [-0.3, -0.25) is 0 Å². The lowest BCUT2D eigenvalue weighted by atomic mass is 10.1. The molecule has 1 saturated heterocycles. The number of piperidine rings is 1. The molecule has 1 aliphatic heterocycles. The molecule has 5 nitrogen and oxygen atoms in total. The van der Waals surface area contributed by atoms with Crippen molar-refractivity contribution in [3.63, 3.8) is 0 Å². The molecular formula is C20H34N2O3S2. The summed E-state index contributed by atoms with van der Waals surface area (Å²) in [5, 5.41) is 0. The van der Waals surface area contributed by atoms with Gasteiger partial charge in [0.05, 0.1) is 11.5 Å². The van der Waals surface area contributed by atoms with Crippen LogP contribution in [0.25, 0.3) is 0 Å². The second-order valence-electron chi connectivity index (χ2n) is 7.22. The molecule has 0 amide bonds. The Morgan fingerprint density at radius 1 is 1.19 bits per heavy atom. The van der Waals surface area contributed by atoms with Crippen molar-refractivity contribution >= 4 is 22.7 Å². The number of hydrogen-bond acceptors (Lipinski definition) is 5. The largest absolute Gasteiger partial charge is 0.494 e. The Hall–Kier alpha value is -0.760. The highest BCUT2D eigenvalue weighted by Crippen LogP contribution is 2.22. The van der Waals surface area contributed by atoms with Crippen LogP contribution in [0, 0.1) is 0 Å². The molecule has 0 saturated carbocycles. The lowest BCUT2D eigenvalue weighted by molar-refractivity contribution is 0.205. The van der Waals surface area contributed by atoms with Crippen LogP contribution in [-0.2, 0) is 10.0 Å². The van der Waals surface area contributed by atoms with Gasteiger partial charge in [0.2, 0.25) is 10.0 Å². The first kappa shape index (κ1) is 22.5. The van der Waals surface area contributed by atoms with Crippen molar-refractivity contribution in [2.75, 3.05) is 38.5 Å². The zero-order valence-electron chi connectivity index (χ0n) is 16.6. The molecule has 1 atom stereocenters. The third kappa shape index (κ3) is 6.66. The lowest BCUT2D eigenvalue weighted by Gasteiger charge is -2.32. The van der Waals surface area contributed by atoms with Gasteiger partial charge >= 0.3 is 0 Å². The van der Waals surface area contributed by atoms with Gasteiger partial charge in [0.1, 0.15) is 5.75 Å². The molecule has 0 radical (unpaired) electrons. The van der Waals surface area contributed by atoms with E-state index < -0.39 is 10.0 Å². The predicted octanol–water partition coefficient (Wildman–Crippen LogP) is 3.66. The van der Waals surface area contributed by atoms with Gasteiger partial charge in [-0.05, 0) is 63.5 Å². The van der Waals surface area contributed by atoms with Crippen LogP contribution in [0.1, 0.15) is 46.0 Å². The summed E-state index contributed by atoms with van der Waals surface area (Å²) in [5.41, 5.74) is 0. The van der Waals surface area contributed by atoms with Gasteiger partial charge in [-0.2, -0.15) is 16.9 Å². The van der Waals surface area contributed by atoms with E-state index in [0.29, 0.717) is 29.5 Å². The van der Waals surface area contributed by atoms with E-state index in [9.17, 15) is 8.42 Å². The van der Waals surface area contributed by atoms with Crippen LogP contribution in [0.15, 0.2) is 29.2 Å². The first-order valence-electron chi connectivity index (χ1n) is 10.1. The Bertz CT molecular complexity index is 644. The molecule has 0 spiro atoms. The Balaban J connectivity index is 2.07. The Labute approximate surface area is 170 Å². The van der Waals surface area contributed by atoms with E-state index in [2.05, 4.69) is 24.5 Å². The number of thiol groups is 1. The quantitative estimate of drug-likeness (QED) is 0.443. The first-order valence-corrected chi connectivity index (χ1v) is 12.1. The van der Waals surface area contributed by atoms with E-state index in [1.54, 1.807) is 28.6 Å². The molecule has 154 valence electrons. The molecule has 1 aromatic rings. The van der Waals surface area contributed by atoms with Crippen LogP contribution in [0.3, 0.4) is 0 Å². The Kier molecular flexibility index (Phi) is 9.42. The maximum atomic E-state index is 13.2. The SMILES string of the molecule is CCCCOc1ccc(S(=O)(=O)N(CCN2CCCCC2)[C@H](C)CS)cc1. The maximum absolute atomic E-state index is 13.2. The number of ether oxygens (including phenoxy) is 1. The molecule has 7 heteroatoms. The number of sulfonamides is 1. The number of nitrogens with zero attached hydrogens (tertiary/aromatic N) is 2. The fraction of sp³-hybridized carbons (Fsp3) is 0.700. The number of unbranched alkanes of at least 4 members (excludes halogenated alkanes) is 1. The second kappa shape index (κ2) is 11.3. The smallest absolute Gasteiger partial charge is 0.243 e. The number of benzene rings is 1. The molecule has 0 bridgehead atoms. The third-order valence-electron chi connectivity index (χ3n) is 5.04. The van der Waals surface area contributed by atoms with Gasteiger partial charge in [0.25, 0.3) is 0 Å². The van der Waals surface area contributed by atoms with Crippen LogP contribution < -0.4 is 4.74 Å². The van der Waals surface area contributed by atoms with Crippen molar-refractivity contribution in [1.29, 1.82) is 0 Å². The highest BCUT2D eigenvalue weighted by atomic mass is 32.2. The molecule has 1 heterocycles. The lowest BCUT2D eigenvalue weighted by Crippen LogP contribution is -2.45. The van der Waals surface area contributed by atoms with Gasteiger partial charge < -0.3 is 9.64 Å². The highest BCUT2D eigenvalue weighted by molar-refractivity contribution is 7.89. The molecule has 0 N–H and O–H groups in total. The average Bonchev–Trinajstić information content (AvgIpc) is 2.69. The molecule has 2 rings (SSSR count). The molecule has 1 aliphatic rings. The normalized spacial score (nSPS) is 17.2. The average molecular weight is 415 g/mol. The highest BCUT2D eigenvalue weighted by Gasteiger charge is 2.29. The third-order valence-corrected chi connectivity index (χ3v) is 7.59. The van der Waals surface area contributed by atoms with E-state index in [1.165, 1.54) is 19.3 Å². The summed E-state index contributed by atoms with van der Waals surface area (Å²) in [5.74, 6) is 1.21. The standard InChI is InChI=1S/C20H34N2O3S2/c1-3-4-16-25-19-8-10-20(11-9-19)27(23,24)22(18(2)17-26)15-14-21-12-6-5-7-13-21/h8-11,18,26H,3-7,12-17H2,1-2H3/t18-/m1/s1. The molecule has 0 aliphatic carbocycles. The van der Waals surface area contributed by atoms with Gasteiger partial charge in [-0.25, -0.2) is 8.42 Å². The van der Waals surface area contributed by atoms with Crippen LogP contribution in [0.4, 0.5) is 0 Å². The zero-order chi connectivity index (χ0) is 19.7. The minimum atomic E-state index is -3.55. The number of likely N-dealkylation sites (tertiary alicyclic amines) is 1. The summed E-state index contributed by atoms with van der Waals surface area (Å²) in [6.45, 7) is 8.08. The molecule has 1 aromatic carbocycles. The summed E-state index contributed by atoms with van der Waals surface area (Å²) in [4.78, 5) is 2.68. The van der Waals surface area contributed by atoms with E-state index in [4.69, 9.17) is 4.74 Å². The summed E-state index contributed by atoms with van der Waals surface area (Å²) >= 11 is 4.34. The van der Waals surface area contributed by atoms with E-state index in [-0.39, 0.29) is 6.04 Å². The first-order chi connectivity index (χ1) is 13.0.